The molecular weight excluding hydrogens is 878 g/mol. The molecule has 0 saturated heterocycles. The second kappa shape index (κ2) is 21.0. The lowest BCUT2D eigenvalue weighted by molar-refractivity contribution is 0.414. The highest BCUT2D eigenvalue weighted by atomic mass is 35.5. The Morgan fingerprint density at radius 1 is 0.297 bits per heavy atom. The number of hydrogen-bond acceptors (Lipinski definition) is 4. The molecule has 64 heavy (non-hydrogen) atoms. The van der Waals surface area contributed by atoms with E-state index in [0.717, 1.165) is 23.0 Å². The average Bonchev–Trinajstić information content (AvgIpc) is 3.28. The van der Waals surface area contributed by atoms with Crippen molar-refractivity contribution in [3.63, 3.8) is 0 Å². The van der Waals surface area contributed by atoms with Crippen molar-refractivity contribution in [1.29, 1.82) is 0 Å². The van der Waals surface area contributed by atoms with E-state index in [0.29, 0.717) is 23.5 Å². The van der Waals surface area contributed by atoms with E-state index in [-0.39, 0.29) is 0 Å². The van der Waals surface area contributed by atoms with E-state index >= 15 is 0 Å². The minimum absolute atomic E-state index is 0.557. The van der Waals surface area contributed by atoms with Gasteiger partial charge in [-0.2, -0.15) is 0 Å². The van der Waals surface area contributed by atoms with Crippen molar-refractivity contribution in [2.45, 2.75) is 55.4 Å². The Morgan fingerprint density at radius 2 is 0.469 bits per heavy atom. The lowest BCUT2D eigenvalue weighted by Gasteiger charge is -2.25. The number of benzene rings is 8. The van der Waals surface area contributed by atoms with Gasteiger partial charge < -0.3 is 18.9 Å². The average molecular weight is 937 g/mol. The van der Waals surface area contributed by atoms with Crippen molar-refractivity contribution >= 4 is 78.7 Å². The van der Waals surface area contributed by atoms with Crippen LogP contribution in [0.4, 0.5) is 0 Å². The van der Waals surface area contributed by atoms with Gasteiger partial charge in [0.1, 0.15) is 23.0 Å². The number of rotatable bonds is 10. The first-order chi connectivity index (χ1) is 30.7. The molecule has 0 atom stereocenters. The quantitative estimate of drug-likeness (QED) is 0.101. The van der Waals surface area contributed by atoms with Crippen LogP contribution in [0.15, 0.2) is 84.9 Å². The first kappa shape index (κ1) is 48.6. The summed E-state index contributed by atoms with van der Waals surface area (Å²) in [5, 5.41) is 7.47. The molecule has 0 aliphatic rings. The lowest BCUT2D eigenvalue weighted by atomic mass is 9.79. The third-order valence-electron chi connectivity index (χ3n) is 12.1. The molecule has 0 spiro atoms. The summed E-state index contributed by atoms with van der Waals surface area (Å²) in [6, 6.07) is 31.6. The van der Waals surface area contributed by atoms with Gasteiger partial charge in [0.2, 0.25) is 0 Å². The van der Waals surface area contributed by atoms with Gasteiger partial charge in [-0.25, -0.2) is 0 Å². The number of halogens is 4. The summed E-state index contributed by atoms with van der Waals surface area (Å²) in [5.74, 6) is 5.70. The minimum Gasteiger partial charge on any atom is -0.497 e. The van der Waals surface area contributed by atoms with E-state index in [1.165, 1.54) is 121 Å². The van der Waals surface area contributed by atoms with Crippen molar-refractivity contribution in [2.24, 2.45) is 0 Å². The van der Waals surface area contributed by atoms with Crippen molar-refractivity contribution in [3.8, 4) is 67.5 Å². The molecule has 4 nitrogen and oxygen atoms in total. The van der Waals surface area contributed by atoms with Crippen LogP contribution < -0.4 is 18.9 Å². The van der Waals surface area contributed by atoms with Crippen LogP contribution in [0.25, 0.3) is 76.8 Å². The maximum atomic E-state index is 5.74. The predicted molar refractivity (Wildman–Crippen MR) is 279 cm³/mol. The number of alkyl halides is 4. The standard InChI is InChI=1S/C52H50O4.2C2H4Cl2/c1-27-17-35(53-9)18-28(2)47(27)43-25-44(48-29(3)19-36(54-10)20-30(48)4)40-15-16-42-46(50-33(7)23-38(56-12)24-34(50)8)26-45(41-14-13-39(43)51(40)52(41)42)49-31(5)21-37(55-11)22-32(49)6;2*3-1-2-4/h13-26H,1-12H3;2*1-2H2. The van der Waals surface area contributed by atoms with E-state index in [1.54, 1.807) is 28.4 Å². The Morgan fingerprint density at radius 3 is 0.609 bits per heavy atom. The summed E-state index contributed by atoms with van der Waals surface area (Å²) in [7, 11) is 6.96. The van der Waals surface area contributed by atoms with Crippen molar-refractivity contribution in [1.82, 2.24) is 0 Å². The van der Waals surface area contributed by atoms with Crippen LogP contribution in [0.2, 0.25) is 0 Å². The molecule has 8 aromatic carbocycles. The van der Waals surface area contributed by atoms with Gasteiger partial charge in [0.15, 0.2) is 0 Å². The maximum Gasteiger partial charge on any atom is 0.119 e. The summed E-state index contributed by atoms with van der Waals surface area (Å²) < 4.78 is 23.0. The van der Waals surface area contributed by atoms with Crippen LogP contribution in [-0.2, 0) is 0 Å². The van der Waals surface area contributed by atoms with Crippen LogP contribution in [-0.4, -0.2) is 52.0 Å². The molecule has 334 valence electrons. The molecule has 0 amide bonds. The number of aryl methyl sites for hydroxylation is 8. The van der Waals surface area contributed by atoms with E-state index in [2.05, 4.69) is 140 Å². The largest absolute Gasteiger partial charge is 0.497 e. The summed E-state index contributed by atoms with van der Waals surface area (Å²) in [4.78, 5) is 0. The van der Waals surface area contributed by atoms with Crippen LogP contribution in [0.5, 0.6) is 23.0 Å². The molecule has 0 unspecified atom stereocenters. The Hall–Kier alpha value is -4.84. The van der Waals surface area contributed by atoms with Gasteiger partial charge in [0.25, 0.3) is 0 Å². The molecule has 0 heterocycles. The predicted octanol–water partition coefficient (Wildman–Crippen LogP) is 16.7. The van der Waals surface area contributed by atoms with Crippen LogP contribution >= 0.6 is 46.4 Å². The molecule has 0 aliphatic heterocycles. The molecule has 0 saturated carbocycles. The van der Waals surface area contributed by atoms with E-state index in [9.17, 15) is 0 Å². The third-order valence-corrected chi connectivity index (χ3v) is 13.2. The molecule has 0 aliphatic carbocycles. The Kier molecular flexibility index (Phi) is 15.9. The number of hydrogen-bond donors (Lipinski definition) is 0. The van der Waals surface area contributed by atoms with Crippen molar-refractivity contribution in [3.05, 3.63) is 129 Å². The zero-order valence-electron chi connectivity index (χ0n) is 39.1. The molecule has 0 aromatic heterocycles. The first-order valence-corrected chi connectivity index (χ1v) is 23.5. The van der Waals surface area contributed by atoms with Crippen LogP contribution in [0, 0.1) is 55.4 Å². The Balaban J connectivity index is 0.000000786. The van der Waals surface area contributed by atoms with Gasteiger partial charge in [-0.1, -0.05) is 24.3 Å². The molecule has 0 radical (unpaired) electrons. The summed E-state index contributed by atoms with van der Waals surface area (Å²) in [5.41, 5.74) is 19.3. The fourth-order valence-corrected chi connectivity index (χ4v) is 9.69. The number of ether oxygens (including phenoxy) is 4. The molecule has 0 fully saturated rings. The summed E-state index contributed by atoms with van der Waals surface area (Å²) in [6.07, 6.45) is 0. The van der Waals surface area contributed by atoms with Crippen LogP contribution in [0.1, 0.15) is 44.5 Å². The lowest BCUT2D eigenvalue weighted by Crippen LogP contribution is -2.00. The zero-order chi connectivity index (χ0) is 46.6. The van der Waals surface area contributed by atoms with Gasteiger partial charge in [-0.05, 0) is 237 Å². The fraction of sp³-hybridized carbons (Fsp3) is 0.286. The van der Waals surface area contributed by atoms with Gasteiger partial charge in [0, 0.05) is 23.5 Å². The van der Waals surface area contributed by atoms with E-state index in [4.69, 9.17) is 65.4 Å². The van der Waals surface area contributed by atoms with Crippen molar-refractivity contribution < 1.29 is 18.9 Å². The summed E-state index contributed by atoms with van der Waals surface area (Å²) >= 11 is 20.2. The second-order valence-corrected chi connectivity index (χ2v) is 17.8. The second-order valence-electron chi connectivity index (χ2n) is 16.3. The van der Waals surface area contributed by atoms with Gasteiger partial charge in [-0.3, -0.25) is 0 Å². The van der Waals surface area contributed by atoms with Crippen LogP contribution in [0.3, 0.4) is 0 Å². The fourth-order valence-electron chi connectivity index (χ4n) is 9.69. The Labute approximate surface area is 399 Å². The van der Waals surface area contributed by atoms with Gasteiger partial charge in [0.05, 0.1) is 28.4 Å². The number of methoxy groups -OCH3 is 4. The minimum atomic E-state index is 0.557. The van der Waals surface area contributed by atoms with E-state index < -0.39 is 0 Å². The smallest absolute Gasteiger partial charge is 0.119 e. The van der Waals surface area contributed by atoms with Gasteiger partial charge >= 0.3 is 0 Å². The molecule has 0 N–H and O–H groups in total. The zero-order valence-corrected chi connectivity index (χ0v) is 42.1. The maximum absolute atomic E-state index is 5.74. The molecule has 8 rings (SSSR count). The molecule has 8 heteroatoms. The van der Waals surface area contributed by atoms with Gasteiger partial charge in [-0.15, -0.1) is 46.4 Å². The molecule has 8 aromatic rings. The highest BCUT2D eigenvalue weighted by Crippen LogP contribution is 2.51. The Bertz CT molecular complexity index is 2490. The topological polar surface area (TPSA) is 36.9 Å². The summed E-state index contributed by atoms with van der Waals surface area (Å²) in [6.45, 7) is 17.6. The third kappa shape index (κ3) is 9.31. The monoisotopic (exact) mass is 934 g/mol. The SMILES string of the molecule is COc1cc(C)c(-c2cc(-c3c(C)cc(OC)cc3C)c3ccc4c(-c5c(C)cc(OC)cc5C)cc(-c5c(C)cc(OC)cc5C)c5ccc2c3c54)c(C)c1.ClCCCl.ClCCCl. The van der Waals surface area contributed by atoms with E-state index in [1.807, 2.05) is 0 Å². The molecule has 0 bridgehead atoms. The normalized spacial score (nSPS) is 11.1. The van der Waals surface area contributed by atoms with Crippen molar-refractivity contribution in [2.75, 3.05) is 52.0 Å². The first-order valence-electron chi connectivity index (χ1n) is 21.4. The highest BCUT2D eigenvalue weighted by molar-refractivity contribution is 6.32. The highest BCUT2D eigenvalue weighted by Gasteiger charge is 2.25. The molecular formula is C56H58Cl4O4.